The van der Waals surface area contributed by atoms with Crippen LogP contribution in [0, 0.1) is 6.92 Å². The Morgan fingerprint density at radius 1 is 1.41 bits per heavy atom. The topological polar surface area (TPSA) is 49.4 Å². The Kier molecular flexibility index (Phi) is 3.19. The SMILES string of the molecule is Cc1cccc(NC2CC(=O)N(C)C2=O)c1Br. The van der Waals surface area contributed by atoms with E-state index in [9.17, 15) is 9.59 Å². The highest BCUT2D eigenvalue weighted by Gasteiger charge is 2.36. The molecule has 1 aliphatic heterocycles. The molecule has 1 heterocycles. The van der Waals surface area contributed by atoms with Gasteiger partial charge in [-0.15, -0.1) is 0 Å². The lowest BCUT2D eigenvalue weighted by molar-refractivity contribution is -0.136. The lowest BCUT2D eigenvalue weighted by Gasteiger charge is -2.14. The largest absolute Gasteiger partial charge is 0.372 e. The molecule has 0 radical (unpaired) electrons. The molecule has 1 atom stereocenters. The van der Waals surface area contributed by atoms with Gasteiger partial charge in [-0.1, -0.05) is 12.1 Å². The number of hydrogen-bond donors (Lipinski definition) is 1. The molecule has 1 unspecified atom stereocenters. The van der Waals surface area contributed by atoms with Crippen LogP contribution in [0.5, 0.6) is 0 Å². The van der Waals surface area contributed by atoms with Gasteiger partial charge in [0.25, 0.3) is 5.91 Å². The Morgan fingerprint density at radius 2 is 2.12 bits per heavy atom. The van der Waals surface area contributed by atoms with Gasteiger partial charge in [0.2, 0.25) is 5.91 Å². The fourth-order valence-electron chi connectivity index (χ4n) is 1.81. The van der Waals surface area contributed by atoms with Gasteiger partial charge in [-0.25, -0.2) is 0 Å². The zero-order chi connectivity index (χ0) is 12.6. The smallest absolute Gasteiger partial charge is 0.251 e. The number of nitrogens with zero attached hydrogens (tertiary/aromatic N) is 1. The van der Waals surface area contributed by atoms with Crippen molar-refractivity contribution in [2.45, 2.75) is 19.4 Å². The molecule has 2 amide bonds. The van der Waals surface area contributed by atoms with E-state index in [0.29, 0.717) is 0 Å². The number of carbonyl (C=O) groups is 2. The van der Waals surface area contributed by atoms with Crippen LogP contribution in [0.4, 0.5) is 5.69 Å². The van der Waals surface area contributed by atoms with Gasteiger partial charge in [-0.2, -0.15) is 0 Å². The minimum absolute atomic E-state index is 0.142. The first-order chi connectivity index (χ1) is 8.00. The van der Waals surface area contributed by atoms with Crippen LogP contribution in [0.25, 0.3) is 0 Å². The zero-order valence-electron chi connectivity index (χ0n) is 9.66. The fraction of sp³-hybridized carbons (Fsp3) is 0.333. The van der Waals surface area contributed by atoms with Crippen LogP contribution in [-0.4, -0.2) is 29.8 Å². The van der Waals surface area contributed by atoms with E-state index < -0.39 is 6.04 Å². The molecule has 1 aromatic carbocycles. The molecule has 90 valence electrons. The van der Waals surface area contributed by atoms with Gasteiger partial charge < -0.3 is 5.32 Å². The lowest BCUT2D eigenvalue weighted by Crippen LogP contribution is -2.31. The summed E-state index contributed by atoms with van der Waals surface area (Å²) in [5.41, 5.74) is 1.92. The molecule has 0 spiro atoms. The first-order valence-electron chi connectivity index (χ1n) is 5.32. The van der Waals surface area contributed by atoms with E-state index in [0.717, 1.165) is 15.7 Å². The van der Waals surface area contributed by atoms with Crippen LogP contribution in [0.3, 0.4) is 0 Å². The van der Waals surface area contributed by atoms with Crippen molar-refractivity contribution in [3.8, 4) is 0 Å². The van der Waals surface area contributed by atoms with Crippen LogP contribution < -0.4 is 5.32 Å². The summed E-state index contributed by atoms with van der Waals surface area (Å²) in [7, 11) is 1.51. The monoisotopic (exact) mass is 296 g/mol. The van der Waals surface area contributed by atoms with Crippen LogP contribution in [0.2, 0.25) is 0 Å². The maximum atomic E-state index is 11.7. The van der Waals surface area contributed by atoms with Crippen LogP contribution >= 0.6 is 15.9 Å². The summed E-state index contributed by atoms with van der Waals surface area (Å²) in [6.07, 6.45) is 0.218. The number of imide groups is 1. The van der Waals surface area contributed by atoms with E-state index >= 15 is 0 Å². The van der Waals surface area contributed by atoms with Crippen molar-refractivity contribution in [2.75, 3.05) is 12.4 Å². The third-order valence-electron chi connectivity index (χ3n) is 2.90. The molecule has 1 fully saturated rings. The number of nitrogens with one attached hydrogen (secondary N) is 1. The van der Waals surface area contributed by atoms with Crippen molar-refractivity contribution in [3.63, 3.8) is 0 Å². The van der Waals surface area contributed by atoms with Crippen molar-refractivity contribution < 1.29 is 9.59 Å². The number of carbonyl (C=O) groups excluding carboxylic acids is 2. The van der Waals surface area contributed by atoms with E-state index in [1.165, 1.54) is 11.9 Å². The van der Waals surface area contributed by atoms with Crippen LogP contribution in [0.1, 0.15) is 12.0 Å². The molecule has 2 rings (SSSR count). The third-order valence-corrected chi connectivity index (χ3v) is 3.96. The number of anilines is 1. The molecule has 0 aromatic heterocycles. The minimum Gasteiger partial charge on any atom is -0.372 e. The molecular formula is C12H13BrN2O2. The lowest BCUT2D eigenvalue weighted by atomic mass is 10.2. The second kappa shape index (κ2) is 4.49. The summed E-state index contributed by atoms with van der Waals surface area (Å²) in [4.78, 5) is 24.3. The van der Waals surface area contributed by atoms with E-state index in [1.54, 1.807) is 0 Å². The Labute approximate surface area is 108 Å². The number of aryl methyl sites for hydroxylation is 1. The molecular weight excluding hydrogens is 284 g/mol. The number of likely N-dealkylation sites (N-methyl/N-ethyl adjacent to an activating group) is 1. The highest BCUT2D eigenvalue weighted by atomic mass is 79.9. The number of halogens is 1. The highest BCUT2D eigenvalue weighted by molar-refractivity contribution is 9.10. The van der Waals surface area contributed by atoms with E-state index in [4.69, 9.17) is 0 Å². The van der Waals surface area contributed by atoms with Gasteiger partial charge in [0.15, 0.2) is 0 Å². The second-order valence-electron chi connectivity index (χ2n) is 4.13. The Morgan fingerprint density at radius 3 is 2.71 bits per heavy atom. The predicted octanol–water partition coefficient (Wildman–Crippen LogP) is 1.93. The van der Waals surface area contributed by atoms with Gasteiger partial charge >= 0.3 is 0 Å². The predicted molar refractivity (Wildman–Crippen MR) is 68.7 cm³/mol. The standard InChI is InChI=1S/C12H13BrN2O2/c1-7-4-3-5-8(11(7)13)14-9-6-10(16)15(2)12(9)17/h3-5,9,14H,6H2,1-2H3. The molecule has 0 bridgehead atoms. The summed E-state index contributed by atoms with van der Waals surface area (Å²) in [6.45, 7) is 1.98. The summed E-state index contributed by atoms with van der Waals surface area (Å²) in [5, 5.41) is 3.10. The van der Waals surface area contributed by atoms with Gasteiger partial charge in [0, 0.05) is 17.2 Å². The maximum absolute atomic E-state index is 11.7. The normalized spacial score (nSPS) is 19.9. The summed E-state index contributed by atoms with van der Waals surface area (Å²) >= 11 is 3.47. The van der Waals surface area contributed by atoms with Crippen LogP contribution in [0.15, 0.2) is 22.7 Å². The van der Waals surface area contributed by atoms with Crippen LogP contribution in [-0.2, 0) is 9.59 Å². The average molecular weight is 297 g/mol. The van der Waals surface area contributed by atoms with Gasteiger partial charge in [-0.05, 0) is 34.5 Å². The second-order valence-corrected chi connectivity index (χ2v) is 4.92. The first kappa shape index (κ1) is 12.1. The van der Waals surface area contributed by atoms with Crippen molar-refractivity contribution >= 4 is 33.4 Å². The Hall–Kier alpha value is -1.36. The van der Waals surface area contributed by atoms with E-state index in [2.05, 4.69) is 21.2 Å². The van der Waals surface area contributed by atoms with Crippen molar-refractivity contribution in [2.24, 2.45) is 0 Å². The van der Waals surface area contributed by atoms with E-state index in [-0.39, 0.29) is 18.2 Å². The molecule has 1 saturated heterocycles. The quantitative estimate of drug-likeness (QED) is 0.849. The van der Waals surface area contributed by atoms with E-state index in [1.807, 2.05) is 25.1 Å². The summed E-state index contributed by atoms with van der Waals surface area (Å²) < 4.78 is 0.926. The molecule has 0 saturated carbocycles. The van der Waals surface area contributed by atoms with Gasteiger partial charge in [-0.3, -0.25) is 14.5 Å². The van der Waals surface area contributed by atoms with Gasteiger partial charge in [0.05, 0.1) is 6.42 Å². The summed E-state index contributed by atoms with van der Waals surface area (Å²) in [6, 6.07) is 5.31. The van der Waals surface area contributed by atoms with Gasteiger partial charge in [0.1, 0.15) is 6.04 Å². The first-order valence-corrected chi connectivity index (χ1v) is 6.12. The third kappa shape index (κ3) is 2.20. The fourth-order valence-corrected chi connectivity index (χ4v) is 2.19. The zero-order valence-corrected chi connectivity index (χ0v) is 11.2. The number of benzene rings is 1. The molecule has 0 aliphatic carbocycles. The molecule has 1 N–H and O–H groups in total. The molecule has 1 aliphatic rings. The Bertz CT molecular complexity index is 487. The molecule has 5 heteroatoms. The summed E-state index contributed by atoms with van der Waals surface area (Å²) in [5.74, 6) is -0.320. The molecule has 17 heavy (non-hydrogen) atoms. The number of hydrogen-bond acceptors (Lipinski definition) is 3. The Balaban J connectivity index is 2.20. The number of amides is 2. The molecule has 1 aromatic rings. The number of likely N-dealkylation sites (tertiary alicyclic amines) is 1. The molecule has 4 nitrogen and oxygen atoms in total. The van der Waals surface area contributed by atoms with Crippen molar-refractivity contribution in [1.29, 1.82) is 0 Å². The maximum Gasteiger partial charge on any atom is 0.251 e. The highest BCUT2D eigenvalue weighted by Crippen LogP contribution is 2.27. The van der Waals surface area contributed by atoms with Crippen molar-refractivity contribution in [1.82, 2.24) is 4.90 Å². The minimum atomic E-state index is -0.453. The average Bonchev–Trinajstić information content (AvgIpc) is 2.53. The number of rotatable bonds is 2. The van der Waals surface area contributed by atoms with Crippen molar-refractivity contribution in [3.05, 3.63) is 28.2 Å².